The lowest BCUT2D eigenvalue weighted by Gasteiger charge is -2.26. The van der Waals surface area contributed by atoms with Crippen molar-refractivity contribution in [2.24, 2.45) is 0 Å². The van der Waals surface area contributed by atoms with Crippen molar-refractivity contribution in [2.45, 2.75) is 51.9 Å². The summed E-state index contributed by atoms with van der Waals surface area (Å²) in [6.07, 6.45) is -0.0789. The summed E-state index contributed by atoms with van der Waals surface area (Å²) >= 11 is 0. The average Bonchev–Trinajstić information content (AvgIpc) is 3.09. The number of hydrogen-bond donors (Lipinski definition) is 1. The van der Waals surface area contributed by atoms with E-state index in [1.165, 1.54) is 19.3 Å². The standard InChI is InChI=1S/C20H25F3N4O/c1-14(2)27-18(20(21,22)23)17(12-24-27)19(28)25-16-8-6-7-15(11-16)13-26-9-4-3-5-10-26/h6-8,11-12,14H,3-5,9-10,13H2,1-2H3,(H,25,28). The monoisotopic (exact) mass is 394 g/mol. The van der Waals surface area contributed by atoms with E-state index in [0.29, 0.717) is 5.69 Å². The molecule has 28 heavy (non-hydrogen) atoms. The van der Waals surface area contributed by atoms with Gasteiger partial charge in [0.2, 0.25) is 0 Å². The average molecular weight is 394 g/mol. The van der Waals surface area contributed by atoms with Gasteiger partial charge in [0.15, 0.2) is 5.69 Å². The van der Waals surface area contributed by atoms with Gasteiger partial charge in [0.1, 0.15) is 0 Å². The highest BCUT2D eigenvalue weighted by Gasteiger charge is 2.40. The molecule has 0 atom stereocenters. The third-order valence-electron chi connectivity index (χ3n) is 4.84. The molecule has 1 N–H and O–H groups in total. The van der Waals surface area contributed by atoms with Crippen LogP contribution in [0.5, 0.6) is 0 Å². The number of alkyl halides is 3. The van der Waals surface area contributed by atoms with Gasteiger partial charge in [0.05, 0.1) is 11.8 Å². The number of halogens is 3. The Kier molecular flexibility index (Phi) is 6.07. The van der Waals surface area contributed by atoms with Crippen molar-refractivity contribution in [3.8, 4) is 0 Å². The maximum Gasteiger partial charge on any atom is 0.433 e. The topological polar surface area (TPSA) is 50.2 Å². The normalized spacial score (nSPS) is 15.8. The molecule has 0 aliphatic carbocycles. The van der Waals surface area contributed by atoms with E-state index < -0.39 is 29.4 Å². The molecule has 2 heterocycles. The molecule has 0 unspecified atom stereocenters. The Labute approximate surface area is 162 Å². The Morgan fingerprint density at radius 2 is 1.93 bits per heavy atom. The minimum Gasteiger partial charge on any atom is -0.322 e. The van der Waals surface area contributed by atoms with E-state index in [4.69, 9.17) is 0 Å². The van der Waals surface area contributed by atoms with Crippen LogP contribution >= 0.6 is 0 Å². The van der Waals surface area contributed by atoms with Gasteiger partial charge in [-0.15, -0.1) is 0 Å². The fourth-order valence-corrected chi connectivity index (χ4v) is 3.52. The van der Waals surface area contributed by atoms with E-state index in [2.05, 4.69) is 15.3 Å². The number of rotatable bonds is 5. The highest BCUT2D eigenvalue weighted by atomic mass is 19.4. The number of aromatic nitrogens is 2. The summed E-state index contributed by atoms with van der Waals surface area (Å²) in [6, 6.07) is 6.75. The Morgan fingerprint density at radius 3 is 2.57 bits per heavy atom. The Bertz CT molecular complexity index is 823. The van der Waals surface area contributed by atoms with Crippen LogP contribution in [0.3, 0.4) is 0 Å². The number of carbonyl (C=O) groups is 1. The zero-order valence-electron chi connectivity index (χ0n) is 16.1. The van der Waals surface area contributed by atoms with E-state index in [0.717, 1.165) is 36.1 Å². The number of carbonyl (C=O) groups excluding carboxylic acids is 1. The van der Waals surface area contributed by atoms with Crippen LogP contribution in [0, 0.1) is 0 Å². The van der Waals surface area contributed by atoms with Crippen LogP contribution in [0.15, 0.2) is 30.5 Å². The van der Waals surface area contributed by atoms with Crippen LogP contribution in [0.4, 0.5) is 18.9 Å². The van der Waals surface area contributed by atoms with Gasteiger partial charge < -0.3 is 5.32 Å². The molecule has 2 aromatic rings. The number of nitrogens with one attached hydrogen (secondary N) is 1. The van der Waals surface area contributed by atoms with Crippen LogP contribution in [-0.4, -0.2) is 33.7 Å². The predicted molar refractivity (Wildman–Crippen MR) is 101 cm³/mol. The third kappa shape index (κ3) is 4.73. The molecular formula is C20H25F3N4O. The summed E-state index contributed by atoms with van der Waals surface area (Å²) in [5.41, 5.74) is 0.00524. The minimum atomic E-state index is -4.66. The summed E-state index contributed by atoms with van der Waals surface area (Å²) in [4.78, 5) is 14.9. The van der Waals surface area contributed by atoms with Crippen LogP contribution in [0.1, 0.15) is 60.8 Å². The fraction of sp³-hybridized carbons (Fsp3) is 0.500. The van der Waals surface area contributed by atoms with E-state index in [1.807, 2.05) is 12.1 Å². The van der Waals surface area contributed by atoms with Crippen LogP contribution in [0.2, 0.25) is 0 Å². The molecule has 5 nitrogen and oxygen atoms in total. The highest BCUT2D eigenvalue weighted by molar-refractivity contribution is 6.05. The number of hydrogen-bond acceptors (Lipinski definition) is 3. The molecule has 8 heteroatoms. The number of piperidine rings is 1. The van der Waals surface area contributed by atoms with Gasteiger partial charge in [-0.05, 0) is 57.5 Å². The first kappa shape index (κ1) is 20.4. The smallest absolute Gasteiger partial charge is 0.322 e. The maximum absolute atomic E-state index is 13.5. The lowest BCUT2D eigenvalue weighted by atomic mass is 10.1. The van der Waals surface area contributed by atoms with Gasteiger partial charge in [-0.1, -0.05) is 18.6 Å². The van der Waals surface area contributed by atoms with Crippen molar-refractivity contribution in [1.82, 2.24) is 14.7 Å². The van der Waals surface area contributed by atoms with Crippen LogP contribution in [-0.2, 0) is 12.7 Å². The zero-order chi connectivity index (χ0) is 20.3. The second kappa shape index (κ2) is 8.34. The number of nitrogens with zero attached hydrogens (tertiary/aromatic N) is 3. The summed E-state index contributed by atoms with van der Waals surface area (Å²) in [7, 11) is 0. The molecule has 1 aromatic carbocycles. The van der Waals surface area contributed by atoms with Crippen molar-refractivity contribution in [1.29, 1.82) is 0 Å². The largest absolute Gasteiger partial charge is 0.433 e. The van der Waals surface area contributed by atoms with Crippen molar-refractivity contribution >= 4 is 11.6 Å². The third-order valence-corrected chi connectivity index (χ3v) is 4.84. The molecular weight excluding hydrogens is 369 g/mol. The van der Waals surface area contributed by atoms with E-state index >= 15 is 0 Å². The minimum absolute atomic E-state index is 0.470. The second-order valence-corrected chi connectivity index (χ2v) is 7.43. The van der Waals surface area contributed by atoms with Gasteiger partial charge in [-0.2, -0.15) is 18.3 Å². The molecule has 1 aliphatic rings. The van der Waals surface area contributed by atoms with Gasteiger partial charge in [-0.25, -0.2) is 0 Å². The molecule has 0 spiro atoms. The van der Waals surface area contributed by atoms with Gasteiger partial charge in [0.25, 0.3) is 5.91 Å². The number of likely N-dealkylation sites (tertiary alicyclic amines) is 1. The number of amides is 1. The van der Waals surface area contributed by atoms with Crippen molar-refractivity contribution in [3.63, 3.8) is 0 Å². The fourth-order valence-electron chi connectivity index (χ4n) is 3.52. The van der Waals surface area contributed by atoms with Gasteiger partial charge in [-0.3, -0.25) is 14.4 Å². The molecule has 1 fully saturated rings. The Balaban J connectivity index is 1.77. The van der Waals surface area contributed by atoms with Gasteiger partial charge >= 0.3 is 6.18 Å². The molecule has 3 rings (SSSR count). The molecule has 1 aliphatic heterocycles. The molecule has 0 saturated carbocycles. The van der Waals surface area contributed by atoms with E-state index in [-0.39, 0.29) is 0 Å². The lowest BCUT2D eigenvalue weighted by Crippen LogP contribution is -2.29. The van der Waals surface area contributed by atoms with E-state index in [1.54, 1.807) is 26.0 Å². The Morgan fingerprint density at radius 1 is 1.21 bits per heavy atom. The zero-order valence-corrected chi connectivity index (χ0v) is 16.1. The summed E-state index contributed by atoms with van der Waals surface area (Å²) in [5, 5.41) is 6.36. The summed E-state index contributed by atoms with van der Waals surface area (Å²) < 4.78 is 41.3. The molecule has 0 bridgehead atoms. The quantitative estimate of drug-likeness (QED) is 0.798. The number of anilines is 1. The van der Waals surface area contributed by atoms with Crippen molar-refractivity contribution in [2.75, 3.05) is 18.4 Å². The second-order valence-electron chi connectivity index (χ2n) is 7.43. The maximum atomic E-state index is 13.5. The highest BCUT2D eigenvalue weighted by Crippen LogP contribution is 2.34. The van der Waals surface area contributed by atoms with Crippen LogP contribution < -0.4 is 5.32 Å². The molecule has 1 amide bonds. The van der Waals surface area contributed by atoms with Crippen molar-refractivity contribution in [3.05, 3.63) is 47.3 Å². The van der Waals surface area contributed by atoms with Gasteiger partial charge in [0, 0.05) is 18.3 Å². The summed E-state index contributed by atoms with van der Waals surface area (Å²) in [5.74, 6) is -0.811. The predicted octanol–water partition coefficient (Wildman–Crippen LogP) is 4.72. The Hall–Kier alpha value is -2.35. The first-order valence-corrected chi connectivity index (χ1v) is 9.53. The molecule has 1 aromatic heterocycles. The van der Waals surface area contributed by atoms with E-state index in [9.17, 15) is 18.0 Å². The lowest BCUT2D eigenvalue weighted by molar-refractivity contribution is -0.145. The van der Waals surface area contributed by atoms with Crippen LogP contribution in [0.25, 0.3) is 0 Å². The SMILES string of the molecule is CC(C)n1ncc(C(=O)Nc2cccc(CN3CCCCC3)c2)c1C(F)(F)F. The van der Waals surface area contributed by atoms with Crippen molar-refractivity contribution < 1.29 is 18.0 Å². The molecule has 1 saturated heterocycles. The first-order valence-electron chi connectivity index (χ1n) is 9.53. The summed E-state index contributed by atoms with van der Waals surface area (Å²) in [6.45, 7) is 6.03. The first-order chi connectivity index (χ1) is 13.3. The number of benzene rings is 1. The molecule has 0 radical (unpaired) electrons. The molecule has 152 valence electrons.